The molecule has 0 saturated carbocycles. The van der Waals surface area contributed by atoms with Crippen molar-refractivity contribution in [2.24, 2.45) is 0 Å². The highest BCUT2D eigenvalue weighted by Crippen LogP contribution is 2.33. The number of hydrogen-bond acceptors (Lipinski definition) is 8. The van der Waals surface area contributed by atoms with Gasteiger partial charge in [-0.2, -0.15) is 0 Å². The molecule has 4 aromatic rings. The van der Waals surface area contributed by atoms with Crippen LogP contribution in [0.3, 0.4) is 0 Å². The molecule has 0 spiro atoms. The summed E-state index contributed by atoms with van der Waals surface area (Å²) in [5, 5.41) is 0.276. The Morgan fingerprint density at radius 1 is 0.794 bits per heavy atom. The minimum atomic E-state index is -0.619. The predicted molar refractivity (Wildman–Crippen MR) is 125 cm³/mol. The quantitative estimate of drug-likeness (QED) is 0.275. The molecule has 1 heterocycles. The van der Waals surface area contributed by atoms with Gasteiger partial charge in [-0.3, -0.25) is 4.79 Å². The molecule has 0 saturated heterocycles. The SMILES string of the molecule is COc1cc(OC)cc(C(=O)Oc2ccc3c(=O)c(Oc4ccccc4OC)c(C)oc3c2)c1. The molecule has 0 N–H and O–H groups in total. The number of fused-ring (bicyclic) bond motifs is 1. The van der Waals surface area contributed by atoms with Gasteiger partial charge in [0.05, 0.1) is 32.3 Å². The average Bonchev–Trinajstić information content (AvgIpc) is 2.86. The fourth-order valence-corrected chi connectivity index (χ4v) is 3.35. The number of methoxy groups -OCH3 is 3. The van der Waals surface area contributed by atoms with Gasteiger partial charge in [0.25, 0.3) is 0 Å². The summed E-state index contributed by atoms with van der Waals surface area (Å²) in [6, 6.07) is 16.2. The lowest BCUT2D eigenvalue weighted by Crippen LogP contribution is -2.10. The average molecular weight is 462 g/mol. The zero-order valence-electron chi connectivity index (χ0n) is 19.0. The second-order valence-corrected chi connectivity index (χ2v) is 7.22. The Balaban J connectivity index is 1.64. The van der Waals surface area contributed by atoms with Gasteiger partial charge in [-0.25, -0.2) is 4.79 Å². The fourth-order valence-electron chi connectivity index (χ4n) is 3.35. The summed E-state index contributed by atoms with van der Waals surface area (Å²) in [5.41, 5.74) is 0.137. The summed E-state index contributed by atoms with van der Waals surface area (Å²) in [4.78, 5) is 25.8. The van der Waals surface area contributed by atoms with Crippen LogP contribution in [-0.2, 0) is 0 Å². The number of carbonyl (C=O) groups excluding carboxylic acids is 1. The topological polar surface area (TPSA) is 93.4 Å². The predicted octanol–water partition coefficient (Wildman–Crippen LogP) is 5.14. The molecule has 8 heteroatoms. The Morgan fingerprint density at radius 3 is 2.12 bits per heavy atom. The summed E-state index contributed by atoms with van der Waals surface area (Å²) in [6.45, 7) is 1.62. The van der Waals surface area contributed by atoms with E-state index >= 15 is 0 Å². The van der Waals surface area contributed by atoms with Gasteiger partial charge in [0.2, 0.25) is 11.2 Å². The lowest BCUT2D eigenvalue weighted by molar-refractivity contribution is 0.0734. The maximum absolute atomic E-state index is 13.1. The molecular weight excluding hydrogens is 440 g/mol. The van der Waals surface area contributed by atoms with Crippen molar-refractivity contribution in [3.63, 3.8) is 0 Å². The minimum absolute atomic E-state index is 0.0465. The normalized spacial score (nSPS) is 10.6. The molecule has 34 heavy (non-hydrogen) atoms. The number of carbonyl (C=O) groups is 1. The number of aryl methyl sites for hydroxylation is 1. The van der Waals surface area contributed by atoms with Crippen LogP contribution in [0.15, 0.2) is 69.9 Å². The lowest BCUT2D eigenvalue weighted by atomic mass is 10.2. The van der Waals surface area contributed by atoms with Crippen LogP contribution in [-0.4, -0.2) is 27.3 Å². The molecule has 8 nitrogen and oxygen atoms in total. The maximum atomic E-state index is 13.1. The summed E-state index contributed by atoms with van der Waals surface area (Å²) >= 11 is 0. The number of ether oxygens (including phenoxy) is 5. The number of rotatable bonds is 7. The minimum Gasteiger partial charge on any atom is -0.497 e. The largest absolute Gasteiger partial charge is 0.497 e. The maximum Gasteiger partial charge on any atom is 0.343 e. The summed E-state index contributed by atoms with van der Waals surface area (Å²) in [7, 11) is 4.50. The van der Waals surface area contributed by atoms with Crippen molar-refractivity contribution in [3.05, 3.63) is 82.2 Å². The highest BCUT2D eigenvalue weighted by Gasteiger charge is 2.18. The van der Waals surface area contributed by atoms with Crippen molar-refractivity contribution < 1.29 is 32.9 Å². The molecule has 0 atom stereocenters. The van der Waals surface area contributed by atoms with Gasteiger partial charge in [0.1, 0.15) is 28.6 Å². The van der Waals surface area contributed by atoms with Crippen molar-refractivity contribution in [1.82, 2.24) is 0 Å². The van der Waals surface area contributed by atoms with Gasteiger partial charge in [-0.1, -0.05) is 12.1 Å². The van der Waals surface area contributed by atoms with Crippen LogP contribution in [0, 0.1) is 6.92 Å². The molecule has 1 aromatic heterocycles. The highest BCUT2D eigenvalue weighted by molar-refractivity contribution is 5.92. The van der Waals surface area contributed by atoms with E-state index in [4.69, 9.17) is 28.1 Å². The second kappa shape index (κ2) is 9.58. The number of esters is 1. The number of benzene rings is 3. The van der Waals surface area contributed by atoms with Crippen LogP contribution in [0.25, 0.3) is 11.0 Å². The molecule has 0 bridgehead atoms. The highest BCUT2D eigenvalue weighted by atomic mass is 16.5. The third kappa shape index (κ3) is 4.52. The van der Waals surface area contributed by atoms with Gasteiger partial charge in [-0.05, 0) is 43.3 Å². The van der Waals surface area contributed by atoms with Crippen molar-refractivity contribution in [2.45, 2.75) is 6.92 Å². The Kier molecular flexibility index (Phi) is 6.40. The van der Waals surface area contributed by atoms with Gasteiger partial charge >= 0.3 is 5.97 Å². The van der Waals surface area contributed by atoms with Crippen LogP contribution in [0.2, 0.25) is 0 Å². The molecule has 174 valence electrons. The van der Waals surface area contributed by atoms with E-state index in [1.807, 2.05) is 0 Å². The van der Waals surface area contributed by atoms with Gasteiger partial charge in [0, 0.05) is 12.1 Å². The number of para-hydroxylation sites is 2. The molecule has 0 amide bonds. The van der Waals surface area contributed by atoms with E-state index in [1.54, 1.807) is 37.3 Å². The Labute approximate surface area is 195 Å². The van der Waals surface area contributed by atoms with Gasteiger partial charge in [-0.15, -0.1) is 0 Å². The smallest absolute Gasteiger partial charge is 0.343 e. The van der Waals surface area contributed by atoms with E-state index in [-0.39, 0.29) is 39.2 Å². The van der Waals surface area contributed by atoms with E-state index in [9.17, 15) is 9.59 Å². The first-order chi connectivity index (χ1) is 16.4. The Morgan fingerprint density at radius 2 is 1.47 bits per heavy atom. The van der Waals surface area contributed by atoms with E-state index < -0.39 is 5.97 Å². The van der Waals surface area contributed by atoms with Crippen molar-refractivity contribution in [2.75, 3.05) is 21.3 Å². The molecule has 0 aliphatic rings. The second-order valence-electron chi connectivity index (χ2n) is 7.22. The molecule has 0 radical (unpaired) electrons. The standard InChI is InChI=1S/C26H22O8/c1-15-25(34-22-8-6-5-7-21(22)31-4)24(27)20-10-9-17(14-23(20)32-15)33-26(28)16-11-18(29-2)13-19(12-16)30-3/h5-14H,1-4H3. The monoisotopic (exact) mass is 462 g/mol. The number of hydrogen-bond donors (Lipinski definition) is 0. The Bertz CT molecular complexity index is 1400. The molecule has 0 fully saturated rings. The first kappa shape index (κ1) is 22.7. The first-order valence-corrected chi connectivity index (χ1v) is 10.3. The summed E-state index contributed by atoms with van der Waals surface area (Å²) in [6.07, 6.45) is 0. The van der Waals surface area contributed by atoms with Gasteiger partial charge < -0.3 is 28.1 Å². The summed E-state index contributed by atoms with van der Waals surface area (Å²) < 4.78 is 32.8. The molecular formula is C26H22O8. The molecule has 0 aliphatic carbocycles. The van der Waals surface area contributed by atoms with Crippen LogP contribution in [0.1, 0.15) is 16.1 Å². The van der Waals surface area contributed by atoms with E-state index in [1.165, 1.54) is 51.7 Å². The summed E-state index contributed by atoms with van der Waals surface area (Å²) in [5.74, 6) is 1.68. The van der Waals surface area contributed by atoms with Crippen LogP contribution in [0.5, 0.6) is 34.5 Å². The van der Waals surface area contributed by atoms with E-state index in [0.717, 1.165) is 0 Å². The van der Waals surface area contributed by atoms with Crippen molar-refractivity contribution in [3.8, 4) is 34.5 Å². The van der Waals surface area contributed by atoms with Crippen molar-refractivity contribution >= 4 is 16.9 Å². The zero-order chi connectivity index (χ0) is 24.2. The zero-order valence-corrected chi connectivity index (χ0v) is 19.0. The first-order valence-electron chi connectivity index (χ1n) is 10.3. The lowest BCUT2D eigenvalue weighted by Gasteiger charge is -2.12. The molecule has 0 unspecified atom stereocenters. The Hall–Kier alpha value is -4.46. The molecule has 4 rings (SSSR count). The van der Waals surface area contributed by atoms with Crippen LogP contribution in [0.4, 0.5) is 0 Å². The van der Waals surface area contributed by atoms with Gasteiger partial charge in [0.15, 0.2) is 11.5 Å². The molecule has 3 aromatic carbocycles. The fraction of sp³-hybridized carbons (Fsp3) is 0.154. The van der Waals surface area contributed by atoms with Crippen molar-refractivity contribution in [1.29, 1.82) is 0 Å². The van der Waals surface area contributed by atoms with E-state index in [2.05, 4.69) is 0 Å². The third-order valence-corrected chi connectivity index (χ3v) is 5.07. The van der Waals surface area contributed by atoms with Crippen LogP contribution < -0.4 is 29.1 Å². The van der Waals surface area contributed by atoms with Crippen LogP contribution >= 0.6 is 0 Å². The third-order valence-electron chi connectivity index (χ3n) is 5.07. The van der Waals surface area contributed by atoms with E-state index in [0.29, 0.717) is 23.0 Å². The molecule has 0 aliphatic heterocycles.